The Kier molecular flexibility index (Phi) is 1.70. The van der Waals surface area contributed by atoms with Gasteiger partial charge < -0.3 is 10.6 Å². The van der Waals surface area contributed by atoms with Crippen molar-refractivity contribution in [2.45, 2.75) is 0 Å². The van der Waals surface area contributed by atoms with E-state index in [2.05, 4.69) is 9.98 Å². The van der Waals surface area contributed by atoms with Gasteiger partial charge in [-0.2, -0.15) is 0 Å². The van der Waals surface area contributed by atoms with Gasteiger partial charge >= 0.3 is 0 Å². The highest BCUT2D eigenvalue weighted by Gasteiger charge is 2.16. The van der Waals surface area contributed by atoms with Crippen LogP contribution in [0, 0.1) is 0 Å². The van der Waals surface area contributed by atoms with Gasteiger partial charge in [0.2, 0.25) is 0 Å². The van der Waals surface area contributed by atoms with Crippen molar-refractivity contribution in [2.75, 3.05) is 6.54 Å². The van der Waals surface area contributed by atoms with Gasteiger partial charge in [0.25, 0.3) is 5.91 Å². The number of nitrogens with two attached hydrogens (primary N) is 1. The summed E-state index contributed by atoms with van der Waals surface area (Å²) in [5.74, 6) is 0.147. The van der Waals surface area contributed by atoms with Crippen molar-refractivity contribution in [3.05, 3.63) is 24.2 Å². The van der Waals surface area contributed by atoms with Crippen LogP contribution in [0.4, 0.5) is 0 Å². The van der Waals surface area contributed by atoms with Gasteiger partial charge in [-0.3, -0.25) is 9.79 Å². The van der Waals surface area contributed by atoms with Crippen LogP contribution in [0.2, 0.25) is 0 Å². The van der Waals surface area contributed by atoms with Gasteiger partial charge in [0.05, 0.1) is 6.21 Å². The SMILES string of the molecule is NC(=O)C1=CCN2C=CN=CC2=N1. The van der Waals surface area contributed by atoms with Gasteiger partial charge in [0.1, 0.15) is 5.70 Å². The first-order chi connectivity index (χ1) is 6.27. The normalized spacial score (nSPS) is 19.2. The quantitative estimate of drug-likeness (QED) is 0.591. The number of nitrogens with zero attached hydrogens (tertiary/aromatic N) is 3. The van der Waals surface area contributed by atoms with Crippen LogP contribution in [0.5, 0.6) is 0 Å². The second kappa shape index (κ2) is 2.85. The molecule has 0 aromatic carbocycles. The lowest BCUT2D eigenvalue weighted by Gasteiger charge is -2.23. The molecule has 0 spiro atoms. The summed E-state index contributed by atoms with van der Waals surface area (Å²) >= 11 is 0. The fourth-order valence-corrected chi connectivity index (χ4v) is 1.14. The van der Waals surface area contributed by atoms with Crippen LogP contribution in [0.25, 0.3) is 0 Å². The van der Waals surface area contributed by atoms with Crippen LogP contribution >= 0.6 is 0 Å². The number of carbonyl (C=O) groups excluding carboxylic acids is 1. The summed E-state index contributed by atoms with van der Waals surface area (Å²) in [5, 5.41) is 0. The largest absolute Gasteiger partial charge is 0.364 e. The van der Waals surface area contributed by atoms with Crippen molar-refractivity contribution >= 4 is 18.0 Å². The van der Waals surface area contributed by atoms with E-state index >= 15 is 0 Å². The van der Waals surface area contributed by atoms with E-state index in [0.717, 1.165) is 0 Å². The number of aliphatic imine (C=N–C) groups is 2. The van der Waals surface area contributed by atoms with E-state index in [4.69, 9.17) is 5.73 Å². The number of rotatable bonds is 1. The van der Waals surface area contributed by atoms with Crippen LogP contribution in [0.1, 0.15) is 0 Å². The van der Waals surface area contributed by atoms with Crippen LogP contribution in [0.15, 0.2) is 34.2 Å². The Bertz CT molecular complexity index is 364. The standard InChI is InChI=1S/C8H8N4O/c9-8(13)6-1-3-12-4-2-10-5-7(12)11-6/h1-2,4-5H,3H2,(H2,9,13). The molecule has 1 amide bonds. The van der Waals surface area contributed by atoms with Gasteiger partial charge in [0.15, 0.2) is 5.84 Å². The van der Waals surface area contributed by atoms with Crippen LogP contribution in [-0.4, -0.2) is 29.4 Å². The third-order valence-corrected chi connectivity index (χ3v) is 1.79. The molecule has 2 rings (SSSR count). The molecule has 5 nitrogen and oxygen atoms in total. The molecule has 13 heavy (non-hydrogen) atoms. The molecule has 0 atom stereocenters. The van der Waals surface area contributed by atoms with Gasteiger partial charge in [-0.1, -0.05) is 0 Å². The molecule has 0 saturated heterocycles. The molecule has 0 unspecified atom stereocenters. The Morgan fingerprint density at radius 2 is 2.46 bits per heavy atom. The van der Waals surface area contributed by atoms with E-state index < -0.39 is 5.91 Å². The van der Waals surface area contributed by atoms with Crippen molar-refractivity contribution in [1.82, 2.24) is 4.90 Å². The van der Waals surface area contributed by atoms with Crippen LogP contribution in [0.3, 0.4) is 0 Å². The summed E-state index contributed by atoms with van der Waals surface area (Å²) in [6.07, 6.45) is 6.75. The first-order valence-corrected chi connectivity index (χ1v) is 3.82. The third-order valence-electron chi connectivity index (χ3n) is 1.79. The zero-order chi connectivity index (χ0) is 9.26. The molecular weight excluding hydrogens is 168 g/mol. The summed E-state index contributed by atoms with van der Waals surface area (Å²) in [4.78, 5) is 20.6. The number of primary amides is 1. The Morgan fingerprint density at radius 3 is 3.23 bits per heavy atom. The molecule has 2 heterocycles. The number of amides is 1. The predicted octanol–water partition coefficient (Wildman–Crippen LogP) is -0.375. The van der Waals surface area contributed by atoms with E-state index in [1.54, 1.807) is 24.7 Å². The molecular formula is C8H8N4O. The maximum Gasteiger partial charge on any atom is 0.267 e. The maximum absolute atomic E-state index is 10.8. The van der Waals surface area contributed by atoms with Gasteiger partial charge in [-0.15, -0.1) is 0 Å². The highest BCUT2D eigenvalue weighted by molar-refractivity contribution is 6.31. The molecule has 0 aromatic rings. The number of carbonyl (C=O) groups is 1. The van der Waals surface area contributed by atoms with Crippen molar-refractivity contribution < 1.29 is 4.79 Å². The molecule has 0 aromatic heterocycles. The molecule has 0 fully saturated rings. The summed E-state index contributed by atoms with van der Waals surface area (Å²) in [6.45, 7) is 0.611. The summed E-state index contributed by atoms with van der Waals surface area (Å²) < 4.78 is 0. The zero-order valence-electron chi connectivity index (χ0n) is 6.84. The number of fused-ring (bicyclic) bond motifs is 1. The van der Waals surface area contributed by atoms with E-state index in [1.165, 1.54) is 0 Å². The van der Waals surface area contributed by atoms with E-state index in [1.807, 2.05) is 4.90 Å². The lowest BCUT2D eigenvalue weighted by atomic mass is 10.3. The third kappa shape index (κ3) is 1.35. The number of amidine groups is 1. The predicted molar refractivity (Wildman–Crippen MR) is 49.1 cm³/mol. The fourth-order valence-electron chi connectivity index (χ4n) is 1.14. The highest BCUT2D eigenvalue weighted by atomic mass is 16.1. The first kappa shape index (κ1) is 7.72. The minimum atomic E-state index is -0.505. The number of hydrogen-bond acceptors (Lipinski definition) is 4. The van der Waals surface area contributed by atoms with Gasteiger partial charge in [-0.05, 0) is 6.08 Å². The van der Waals surface area contributed by atoms with Crippen molar-refractivity contribution in [2.24, 2.45) is 15.7 Å². The van der Waals surface area contributed by atoms with E-state index in [9.17, 15) is 4.79 Å². The smallest absolute Gasteiger partial charge is 0.267 e. The van der Waals surface area contributed by atoms with Gasteiger partial charge in [0, 0.05) is 18.9 Å². The topological polar surface area (TPSA) is 71.1 Å². The molecule has 2 aliphatic heterocycles. The molecule has 0 saturated carbocycles. The second-order valence-electron chi connectivity index (χ2n) is 2.65. The Hall–Kier alpha value is -1.91. The van der Waals surface area contributed by atoms with Crippen LogP contribution in [-0.2, 0) is 4.79 Å². The van der Waals surface area contributed by atoms with Crippen LogP contribution < -0.4 is 5.73 Å². The fraction of sp³-hybridized carbons (Fsp3) is 0.125. The second-order valence-corrected chi connectivity index (χ2v) is 2.65. The first-order valence-electron chi connectivity index (χ1n) is 3.82. The average Bonchev–Trinajstić information content (AvgIpc) is 2.17. The lowest BCUT2D eigenvalue weighted by Crippen LogP contribution is -2.33. The molecule has 66 valence electrons. The molecule has 0 radical (unpaired) electrons. The molecule has 5 heteroatoms. The number of hydrogen-bond donors (Lipinski definition) is 1. The summed E-state index contributed by atoms with van der Waals surface area (Å²) in [6, 6.07) is 0. The Morgan fingerprint density at radius 1 is 1.62 bits per heavy atom. The Labute approximate surface area is 75.0 Å². The van der Waals surface area contributed by atoms with Crippen molar-refractivity contribution in [3.63, 3.8) is 0 Å². The average molecular weight is 176 g/mol. The summed E-state index contributed by atoms with van der Waals surface area (Å²) in [7, 11) is 0. The minimum Gasteiger partial charge on any atom is -0.364 e. The summed E-state index contributed by atoms with van der Waals surface area (Å²) in [5.41, 5.74) is 5.39. The molecule has 0 aliphatic carbocycles. The molecule has 2 N–H and O–H groups in total. The van der Waals surface area contributed by atoms with Crippen molar-refractivity contribution in [3.8, 4) is 0 Å². The monoisotopic (exact) mass is 176 g/mol. The molecule has 0 bridgehead atoms. The van der Waals surface area contributed by atoms with E-state index in [-0.39, 0.29) is 0 Å². The maximum atomic E-state index is 10.8. The van der Waals surface area contributed by atoms with E-state index in [0.29, 0.717) is 18.1 Å². The van der Waals surface area contributed by atoms with Crippen molar-refractivity contribution in [1.29, 1.82) is 0 Å². The minimum absolute atomic E-state index is 0.299. The highest BCUT2D eigenvalue weighted by Crippen LogP contribution is 2.09. The van der Waals surface area contributed by atoms with Gasteiger partial charge in [-0.25, -0.2) is 4.99 Å². The lowest BCUT2D eigenvalue weighted by molar-refractivity contribution is -0.114. The molecule has 2 aliphatic rings. The Balaban J connectivity index is 2.30. The zero-order valence-corrected chi connectivity index (χ0v) is 6.84.